The molecule has 1 aliphatic rings. The molecule has 0 atom stereocenters. The quantitative estimate of drug-likeness (QED) is 0.622. The molecule has 0 saturated carbocycles. The molecule has 1 fully saturated rings. The molecule has 1 aliphatic heterocycles. The maximum absolute atomic E-state index is 12.9. The van der Waals surface area contributed by atoms with Crippen molar-refractivity contribution < 1.29 is 4.79 Å². The van der Waals surface area contributed by atoms with Gasteiger partial charge in [-0.05, 0) is 23.3 Å². The fraction of sp³-hybridized carbons (Fsp3) is 0.360. The summed E-state index contributed by atoms with van der Waals surface area (Å²) in [5, 5.41) is 0. The van der Waals surface area contributed by atoms with Crippen LogP contribution >= 0.6 is 0 Å². The number of nitrogens with zero attached hydrogens (tertiary/aromatic N) is 4. The number of hydrogen-bond acceptors (Lipinski definition) is 3. The number of benzene rings is 2. The largest absolute Gasteiger partial charge is 0.336 e. The molecule has 30 heavy (non-hydrogen) atoms. The van der Waals surface area contributed by atoms with Crippen molar-refractivity contribution in [1.29, 1.82) is 0 Å². The van der Waals surface area contributed by atoms with Crippen molar-refractivity contribution >= 4 is 5.91 Å². The summed E-state index contributed by atoms with van der Waals surface area (Å²) < 4.78 is 2.25. The highest BCUT2D eigenvalue weighted by Crippen LogP contribution is 2.20. The minimum absolute atomic E-state index is 0.131. The zero-order chi connectivity index (χ0) is 20.9. The van der Waals surface area contributed by atoms with E-state index in [1.807, 2.05) is 53.6 Å². The van der Waals surface area contributed by atoms with Crippen LogP contribution in [0, 0.1) is 0 Å². The Balaban J connectivity index is 1.29. The van der Waals surface area contributed by atoms with Crippen LogP contribution in [0.15, 0.2) is 67.0 Å². The molecule has 1 saturated heterocycles. The minimum Gasteiger partial charge on any atom is -0.336 e. The van der Waals surface area contributed by atoms with Crippen LogP contribution in [-0.2, 0) is 6.54 Å². The monoisotopic (exact) mass is 402 g/mol. The second-order valence-corrected chi connectivity index (χ2v) is 8.21. The normalized spacial score (nSPS) is 15.0. The molecule has 4 rings (SSSR count). The van der Waals surface area contributed by atoms with Gasteiger partial charge in [-0.1, -0.05) is 56.3 Å². The summed E-state index contributed by atoms with van der Waals surface area (Å²) in [7, 11) is 0. The van der Waals surface area contributed by atoms with Gasteiger partial charge < -0.3 is 9.47 Å². The molecule has 5 heteroatoms. The van der Waals surface area contributed by atoms with Gasteiger partial charge in [0.25, 0.3) is 5.91 Å². The first-order chi connectivity index (χ1) is 14.6. The maximum atomic E-state index is 12.9. The number of piperazine rings is 1. The molecule has 156 valence electrons. The lowest BCUT2D eigenvalue weighted by Gasteiger charge is -2.35. The lowest BCUT2D eigenvalue weighted by Crippen LogP contribution is -2.49. The number of hydrogen-bond donors (Lipinski definition) is 0. The van der Waals surface area contributed by atoms with Crippen molar-refractivity contribution in [2.45, 2.75) is 26.3 Å². The van der Waals surface area contributed by atoms with E-state index in [0.717, 1.165) is 56.2 Å². The van der Waals surface area contributed by atoms with Gasteiger partial charge in [-0.15, -0.1) is 0 Å². The number of carbonyl (C=O) groups excluding carboxylic acids is 1. The fourth-order valence-electron chi connectivity index (χ4n) is 4.05. The molecule has 2 aromatic carbocycles. The molecule has 1 amide bonds. The Bertz CT molecular complexity index is 954. The first-order valence-corrected chi connectivity index (χ1v) is 10.8. The molecule has 0 N–H and O–H groups in total. The van der Waals surface area contributed by atoms with E-state index in [1.54, 1.807) is 0 Å². The summed E-state index contributed by atoms with van der Waals surface area (Å²) >= 11 is 0. The van der Waals surface area contributed by atoms with Gasteiger partial charge in [0.15, 0.2) is 0 Å². The lowest BCUT2D eigenvalue weighted by atomic mass is 10.0. The lowest BCUT2D eigenvalue weighted by molar-refractivity contribution is 0.0633. The molecular weight excluding hydrogens is 372 g/mol. The second kappa shape index (κ2) is 9.26. The molecule has 2 heterocycles. The van der Waals surface area contributed by atoms with Crippen LogP contribution in [0.5, 0.6) is 0 Å². The third-order valence-corrected chi connectivity index (χ3v) is 5.82. The molecule has 0 bridgehead atoms. The van der Waals surface area contributed by atoms with E-state index in [2.05, 4.69) is 46.6 Å². The molecule has 1 aromatic heterocycles. The number of rotatable bonds is 6. The average molecular weight is 403 g/mol. The summed E-state index contributed by atoms with van der Waals surface area (Å²) in [4.78, 5) is 21.8. The molecule has 3 aromatic rings. The summed E-state index contributed by atoms with van der Waals surface area (Å²) in [5.41, 5.74) is 3.07. The summed E-state index contributed by atoms with van der Waals surface area (Å²) in [5.74, 6) is 1.71. The van der Waals surface area contributed by atoms with Crippen LogP contribution in [0.25, 0.3) is 11.1 Å². The van der Waals surface area contributed by atoms with Crippen molar-refractivity contribution in [2.75, 3.05) is 32.7 Å². The van der Waals surface area contributed by atoms with Gasteiger partial charge in [0.05, 0.1) is 0 Å². The number of imidazole rings is 1. The van der Waals surface area contributed by atoms with Crippen molar-refractivity contribution in [3.63, 3.8) is 0 Å². The predicted octanol–water partition coefficient (Wildman–Crippen LogP) is 4.13. The van der Waals surface area contributed by atoms with E-state index in [4.69, 9.17) is 0 Å². The molecule has 0 aliphatic carbocycles. The van der Waals surface area contributed by atoms with Crippen molar-refractivity contribution in [3.05, 3.63) is 78.4 Å². The minimum atomic E-state index is 0.131. The Hall–Kier alpha value is -2.92. The van der Waals surface area contributed by atoms with Gasteiger partial charge in [0.1, 0.15) is 5.82 Å². The SMILES string of the molecule is CC(C)c1nccn1CCN1CCN(C(=O)c2ccc(-c3ccccc3)cc2)CC1. The van der Waals surface area contributed by atoms with E-state index < -0.39 is 0 Å². The average Bonchev–Trinajstić information content (AvgIpc) is 3.27. The Morgan fingerprint density at radius 1 is 0.900 bits per heavy atom. The summed E-state index contributed by atoms with van der Waals surface area (Å²) in [6.45, 7) is 9.68. The summed E-state index contributed by atoms with van der Waals surface area (Å²) in [6.07, 6.45) is 3.95. The Morgan fingerprint density at radius 3 is 2.23 bits per heavy atom. The highest BCUT2D eigenvalue weighted by molar-refractivity contribution is 5.94. The van der Waals surface area contributed by atoms with Gasteiger partial charge in [-0.3, -0.25) is 9.69 Å². The third-order valence-electron chi connectivity index (χ3n) is 5.82. The van der Waals surface area contributed by atoms with Crippen molar-refractivity contribution in [1.82, 2.24) is 19.4 Å². The highest BCUT2D eigenvalue weighted by atomic mass is 16.2. The van der Waals surface area contributed by atoms with Gasteiger partial charge in [-0.25, -0.2) is 4.98 Å². The Kier molecular flexibility index (Phi) is 6.29. The zero-order valence-electron chi connectivity index (χ0n) is 17.9. The van der Waals surface area contributed by atoms with Gasteiger partial charge in [-0.2, -0.15) is 0 Å². The summed E-state index contributed by atoms with van der Waals surface area (Å²) in [6, 6.07) is 18.2. The Morgan fingerprint density at radius 2 is 1.57 bits per heavy atom. The van der Waals surface area contributed by atoms with Crippen LogP contribution in [-0.4, -0.2) is 58.0 Å². The second-order valence-electron chi connectivity index (χ2n) is 8.21. The third kappa shape index (κ3) is 4.62. The first kappa shape index (κ1) is 20.4. The molecule has 0 radical (unpaired) electrons. The smallest absolute Gasteiger partial charge is 0.253 e. The fourth-order valence-corrected chi connectivity index (χ4v) is 4.05. The van der Waals surface area contributed by atoms with E-state index >= 15 is 0 Å². The predicted molar refractivity (Wildman–Crippen MR) is 121 cm³/mol. The van der Waals surface area contributed by atoms with Crippen LogP contribution < -0.4 is 0 Å². The van der Waals surface area contributed by atoms with Crippen LogP contribution in [0.1, 0.15) is 35.9 Å². The van der Waals surface area contributed by atoms with Crippen LogP contribution in [0.4, 0.5) is 0 Å². The zero-order valence-corrected chi connectivity index (χ0v) is 17.9. The van der Waals surface area contributed by atoms with Gasteiger partial charge in [0, 0.05) is 63.1 Å². The first-order valence-electron chi connectivity index (χ1n) is 10.8. The molecular formula is C25H30N4O. The maximum Gasteiger partial charge on any atom is 0.253 e. The van der Waals surface area contributed by atoms with Gasteiger partial charge >= 0.3 is 0 Å². The number of amides is 1. The van der Waals surface area contributed by atoms with Crippen molar-refractivity contribution in [3.8, 4) is 11.1 Å². The number of carbonyl (C=O) groups is 1. The molecule has 0 unspecified atom stereocenters. The van der Waals surface area contributed by atoms with Crippen LogP contribution in [0.2, 0.25) is 0 Å². The van der Waals surface area contributed by atoms with E-state index in [0.29, 0.717) is 5.92 Å². The topological polar surface area (TPSA) is 41.4 Å². The van der Waals surface area contributed by atoms with E-state index in [9.17, 15) is 4.79 Å². The van der Waals surface area contributed by atoms with Gasteiger partial charge in [0.2, 0.25) is 0 Å². The Labute approximate surface area is 179 Å². The molecule has 5 nitrogen and oxygen atoms in total. The van der Waals surface area contributed by atoms with Crippen LogP contribution in [0.3, 0.4) is 0 Å². The van der Waals surface area contributed by atoms with E-state index in [1.165, 1.54) is 5.56 Å². The molecule has 0 spiro atoms. The highest BCUT2D eigenvalue weighted by Gasteiger charge is 2.22. The van der Waals surface area contributed by atoms with E-state index in [-0.39, 0.29) is 5.91 Å². The number of aromatic nitrogens is 2. The van der Waals surface area contributed by atoms with Crippen molar-refractivity contribution in [2.24, 2.45) is 0 Å². The standard InChI is InChI=1S/C25H30N4O/c1-20(2)24-26-12-13-28(24)17-14-27-15-18-29(19-16-27)25(30)23-10-8-22(9-11-23)21-6-4-3-5-7-21/h3-13,20H,14-19H2,1-2H3.